The Balaban J connectivity index is 2.02. The van der Waals surface area contributed by atoms with Crippen LogP contribution in [0.3, 0.4) is 0 Å². The first-order chi connectivity index (χ1) is 6.71. The third-order valence-electron chi connectivity index (χ3n) is 3.30. The highest BCUT2D eigenvalue weighted by molar-refractivity contribution is 7.10. The molecule has 0 radical (unpaired) electrons. The van der Waals surface area contributed by atoms with Gasteiger partial charge < -0.3 is 0 Å². The first-order valence-corrected chi connectivity index (χ1v) is 6.14. The first kappa shape index (κ1) is 9.91. The van der Waals surface area contributed by atoms with Gasteiger partial charge in [0.25, 0.3) is 0 Å². The highest BCUT2D eigenvalue weighted by Gasteiger charge is 2.35. The smallest absolute Gasteiger partial charge is 0.143 e. The summed E-state index contributed by atoms with van der Waals surface area (Å²) in [5.41, 5.74) is -0.00993. The van der Waals surface area contributed by atoms with Crippen LogP contribution in [0.25, 0.3) is 0 Å². The fourth-order valence-electron chi connectivity index (χ4n) is 2.22. The summed E-state index contributed by atoms with van der Waals surface area (Å²) in [7, 11) is 0. The molecule has 1 heterocycles. The number of carbonyl (C=O) groups excluding carboxylic acids is 1. The van der Waals surface area contributed by atoms with Crippen molar-refractivity contribution in [3.05, 3.63) is 22.4 Å². The molecule has 0 N–H and O–H groups in total. The van der Waals surface area contributed by atoms with E-state index in [4.69, 9.17) is 0 Å². The topological polar surface area (TPSA) is 17.1 Å². The van der Waals surface area contributed by atoms with E-state index in [1.54, 1.807) is 11.3 Å². The van der Waals surface area contributed by atoms with Crippen molar-refractivity contribution >= 4 is 17.1 Å². The SMILES string of the molecule is CC1(C(=O)Cc2cccs2)CCCC1. The average Bonchev–Trinajstić information content (AvgIpc) is 2.76. The fourth-order valence-corrected chi connectivity index (χ4v) is 2.92. The van der Waals surface area contributed by atoms with Crippen molar-refractivity contribution in [1.29, 1.82) is 0 Å². The summed E-state index contributed by atoms with van der Waals surface area (Å²) in [6.45, 7) is 2.13. The van der Waals surface area contributed by atoms with Gasteiger partial charge in [-0.15, -0.1) is 11.3 Å². The minimum absolute atomic E-state index is 0.00993. The van der Waals surface area contributed by atoms with E-state index in [1.807, 2.05) is 11.4 Å². The lowest BCUT2D eigenvalue weighted by Gasteiger charge is -2.20. The molecule has 0 unspecified atom stereocenters. The van der Waals surface area contributed by atoms with Gasteiger partial charge in [-0.2, -0.15) is 0 Å². The van der Waals surface area contributed by atoms with E-state index < -0.39 is 0 Å². The molecule has 14 heavy (non-hydrogen) atoms. The van der Waals surface area contributed by atoms with Crippen molar-refractivity contribution in [2.75, 3.05) is 0 Å². The Morgan fingerprint density at radius 1 is 1.50 bits per heavy atom. The molecule has 2 rings (SSSR count). The molecule has 2 heteroatoms. The van der Waals surface area contributed by atoms with Crippen LogP contribution in [-0.4, -0.2) is 5.78 Å². The lowest BCUT2D eigenvalue weighted by Crippen LogP contribution is -2.25. The Labute approximate surface area is 89.1 Å². The molecule has 0 spiro atoms. The molecule has 0 aromatic carbocycles. The van der Waals surface area contributed by atoms with Crippen molar-refractivity contribution in [3.8, 4) is 0 Å². The number of thiophene rings is 1. The molecule has 0 aliphatic heterocycles. The second-order valence-electron chi connectivity index (χ2n) is 4.45. The standard InChI is InChI=1S/C12H16OS/c1-12(6-2-3-7-12)11(13)9-10-5-4-8-14-10/h4-5,8H,2-3,6-7,9H2,1H3. The van der Waals surface area contributed by atoms with E-state index in [2.05, 4.69) is 13.0 Å². The number of carbonyl (C=O) groups is 1. The molecule has 1 nitrogen and oxygen atoms in total. The largest absolute Gasteiger partial charge is 0.299 e. The molecule has 1 aromatic rings. The van der Waals surface area contributed by atoms with Gasteiger partial charge in [-0.3, -0.25) is 4.79 Å². The van der Waals surface area contributed by atoms with Crippen LogP contribution in [0.2, 0.25) is 0 Å². The zero-order valence-corrected chi connectivity index (χ0v) is 9.40. The molecule has 0 saturated heterocycles. The van der Waals surface area contributed by atoms with Gasteiger partial charge in [-0.05, 0) is 24.3 Å². The molecule has 0 bridgehead atoms. The highest BCUT2D eigenvalue weighted by atomic mass is 32.1. The average molecular weight is 208 g/mol. The summed E-state index contributed by atoms with van der Waals surface area (Å²) < 4.78 is 0. The number of hydrogen-bond donors (Lipinski definition) is 0. The van der Waals surface area contributed by atoms with Gasteiger partial charge in [0, 0.05) is 16.7 Å². The second-order valence-corrected chi connectivity index (χ2v) is 5.48. The van der Waals surface area contributed by atoms with Gasteiger partial charge >= 0.3 is 0 Å². The molecular formula is C12H16OS. The Hall–Kier alpha value is -0.630. The zero-order valence-electron chi connectivity index (χ0n) is 8.58. The van der Waals surface area contributed by atoms with Gasteiger partial charge in [0.15, 0.2) is 0 Å². The number of ketones is 1. The van der Waals surface area contributed by atoms with Crippen LogP contribution in [0.1, 0.15) is 37.5 Å². The predicted octanol–water partition coefficient (Wildman–Crippen LogP) is 3.44. The number of hydrogen-bond acceptors (Lipinski definition) is 2. The Bertz CT molecular complexity index is 307. The maximum atomic E-state index is 12.0. The van der Waals surface area contributed by atoms with E-state index >= 15 is 0 Å². The molecular weight excluding hydrogens is 192 g/mol. The van der Waals surface area contributed by atoms with Crippen LogP contribution in [0.4, 0.5) is 0 Å². The molecule has 1 aliphatic carbocycles. The van der Waals surface area contributed by atoms with Gasteiger partial charge in [0.1, 0.15) is 5.78 Å². The van der Waals surface area contributed by atoms with Crippen molar-refractivity contribution in [2.45, 2.75) is 39.0 Å². The molecule has 0 amide bonds. The van der Waals surface area contributed by atoms with E-state index in [-0.39, 0.29) is 5.41 Å². The fraction of sp³-hybridized carbons (Fsp3) is 0.583. The Morgan fingerprint density at radius 2 is 2.21 bits per heavy atom. The van der Waals surface area contributed by atoms with Crippen molar-refractivity contribution in [1.82, 2.24) is 0 Å². The maximum Gasteiger partial charge on any atom is 0.143 e. The Morgan fingerprint density at radius 3 is 2.79 bits per heavy atom. The van der Waals surface area contributed by atoms with Crippen LogP contribution in [0, 0.1) is 5.41 Å². The third kappa shape index (κ3) is 1.90. The number of Topliss-reactive ketones (excluding diaryl/α,β-unsaturated/α-hetero) is 1. The predicted molar refractivity (Wildman–Crippen MR) is 59.6 cm³/mol. The maximum absolute atomic E-state index is 12.0. The summed E-state index contributed by atoms with van der Waals surface area (Å²) in [4.78, 5) is 13.3. The van der Waals surface area contributed by atoms with Crippen LogP contribution < -0.4 is 0 Å². The van der Waals surface area contributed by atoms with E-state index in [0.29, 0.717) is 12.2 Å². The minimum Gasteiger partial charge on any atom is -0.299 e. The van der Waals surface area contributed by atoms with Crippen molar-refractivity contribution in [2.24, 2.45) is 5.41 Å². The molecule has 1 aliphatic rings. The zero-order chi connectivity index (χ0) is 10.0. The highest BCUT2D eigenvalue weighted by Crippen LogP contribution is 2.39. The molecule has 1 fully saturated rings. The van der Waals surface area contributed by atoms with E-state index in [1.165, 1.54) is 17.7 Å². The Kier molecular flexibility index (Phi) is 2.73. The summed E-state index contributed by atoms with van der Waals surface area (Å²) in [6, 6.07) is 4.07. The van der Waals surface area contributed by atoms with E-state index in [0.717, 1.165) is 12.8 Å². The number of rotatable bonds is 3. The molecule has 0 atom stereocenters. The summed E-state index contributed by atoms with van der Waals surface area (Å²) >= 11 is 1.69. The molecule has 76 valence electrons. The van der Waals surface area contributed by atoms with Crippen molar-refractivity contribution < 1.29 is 4.79 Å². The lowest BCUT2D eigenvalue weighted by molar-refractivity contribution is -0.126. The monoisotopic (exact) mass is 208 g/mol. The van der Waals surface area contributed by atoms with Crippen molar-refractivity contribution in [3.63, 3.8) is 0 Å². The van der Waals surface area contributed by atoms with Crippen LogP contribution in [0.15, 0.2) is 17.5 Å². The van der Waals surface area contributed by atoms with Crippen LogP contribution in [-0.2, 0) is 11.2 Å². The third-order valence-corrected chi connectivity index (χ3v) is 4.17. The van der Waals surface area contributed by atoms with Crippen LogP contribution in [0.5, 0.6) is 0 Å². The summed E-state index contributed by atoms with van der Waals surface area (Å²) in [5.74, 6) is 0.442. The lowest BCUT2D eigenvalue weighted by atomic mass is 9.82. The van der Waals surface area contributed by atoms with Gasteiger partial charge in [0.2, 0.25) is 0 Å². The van der Waals surface area contributed by atoms with Gasteiger partial charge in [-0.1, -0.05) is 25.8 Å². The normalized spacial score (nSPS) is 19.8. The molecule has 1 aromatic heterocycles. The van der Waals surface area contributed by atoms with Crippen LogP contribution >= 0.6 is 11.3 Å². The minimum atomic E-state index is -0.00993. The molecule has 1 saturated carbocycles. The van der Waals surface area contributed by atoms with E-state index in [9.17, 15) is 4.79 Å². The van der Waals surface area contributed by atoms with Gasteiger partial charge in [-0.25, -0.2) is 0 Å². The second kappa shape index (κ2) is 3.85. The first-order valence-electron chi connectivity index (χ1n) is 5.26. The quantitative estimate of drug-likeness (QED) is 0.743. The summed E-state index contributed by atoms with van der Waals surface area (Å²) in [5, 5.41) is 2.04. The summed E-state index contributed by atoms with van der Waals surface area (Å²) in [6.07, 6.45) is 5.29. The van der Waals surface area contributed by atoms with Gasteiger partial charge in [0.05, 0.1) is 0 Å².